The van der Waals surface area contributed by atoms with Crippen LogP contribution in [0.1, 0.15) is 79.6 Å². The van der Waals surface area contributed by atoms with Crippen molar-refractivity contribution in [2.75, 3.05) is 0 Å². The number of ketones is 1. The van der Waals surface area contributed by atoms with Gasteiger partial charge in [-0.3, -0.25) is 4.79 Å². The van der Waals surface area contributed by atoms with Crippen LogP contribution in [0.25, 0.3) is 0 Å². The molecule has 1 heterocycles. The minimum absolute atomic E-state index is 0.0179. The molecular formula is C28H38O6. The van der Waals surface area contributed by atoms with E-state index in [4.69, 9.17) is 4.74 Å². The fourth-order valence-electron chi connectivity index (χ4n) is 8.41. The van der Waals surface area contributed by atoms with Gasteiger partial charge < -0.3 is 20.1 Å². The summed E-state index contributed by atoms with van der Waals surface area (Å²) in [4.78, 5) is 25.5. The maximum atomic E-state index is 13.1. The van der Waals surface area contributed by atoms with E-state index in [9.17, 15) is 24.9 Å². The van der Waals surface area contributed by atoms with E-state index in [1.807, 2.05) is 26.8 Å². The Morgan fingerprint density at radius 3 is 2.47 bits per heavy atom. The van der Waals surface area contributed by atoms with Crippen molar-refractivity contribution in [2.24, 2.45) is 22.7 Å². The molecule has 0 radical (unpaired) electrons. The van der Waals surface area contributed by atoms with Crippen LogP contribution in [-0.2, 0) is 14.3 Å². The van der Waals surface area contributed by atoms with E-state index in [0.717, 1.165) is 17.6 Å². The van der Waals surface area contributed by atoms with Gasteiger partial charge in [0.05, 0.1) is 11.0 Å². The van der Waals surface area contributed by atoms with Crippen molar-refractivity contribution in [1.29, 1.82) is 0 Å². The molecule has 0 bridgehead atoms. The summed E-state index contributed by atoms with van der Waals surface area (Å²) in [6.07, 6.45) is 8.28. The van der Waals surface area contributed by atoms with Gasteiger partial charge in [0.15, 0.2) is 5.78 Å². The molecule has 8 atom stereocenters. The molecule has 0 aromatic heterocycles. The Hall–Kier alpha value is -1.76. The van der Waals surface area contributed by atoms with Crippen LogP contribution in [0.4, 0.5) is 0 Å². The number of hydrogen-bond acceptors (Lipinski definition) is 6. The fraction of sp³-hybridized carbons (Fsp3) is 0.714. The van der Waals surface area contributed by atoms with Crippen molar-refractivity contribution in [2.45, 2.75) is 102 Å². The zero-order valence-electron chi connectivity index (χ0n) is 21.0. The first-order valence-electron chi connectivity index (χ1n) is 12.7. The van der Waals surface area contributed by atoms with Gasteiger partial charge in [0.2, 0.25) is 0 Å². The molecule has 3 N–H and O–H groups in total. The molecular weight excluding hydrogens is 432 g/mol. The average molecular weight is 471 g/mol. The third kappa shape index (κ3) is 2.63. The smallest absolute Gasteiger partial charge is 0.334 e. The second-order valence-electron chi connectivity index (χ2n) is 12.2. The highest BCUT2D eigenvalue weighted by Gasteiger charge is 2.76. The van der Waals surface area contributed by atoms with Crippen molar-refractivity contribution >= 4 is 11.8 Å². The lowest BCUT2D eigenvalue weighted by Crippen LogP contribution is -2.72. The van der Waals surface area contributed by atoms with Crippen LogP contribution in [0.2, 0.25) is 0 Å². The fourth-order valence-corrected chi connectivity index (χ4v) is 8.41. The average Bonchev–Trinajstić information content (AvgIpc) is 3.00. The topological polar surface area (TPSA) is 104 Å². The number of cyclic esters (lactones) is 1. The Labute approximate surface area is 201 Å². The summed E-state index contributed by atoms with van der Waals surface area (Å²) in [5.41, 5.74) is -3.78. The molecule has 2 fully saturated rings. The molecule has 5 aliphatic rings. The number of hydrogen-bond donors (Lipinski definition) is 3. The molecule has 186 valence electrons. The van der Waals surface area contributed by atoms with Gasteiger partial charge in [-0.15, -0.1) is 0 Å². The molecule has 0 saturated heterocycles. The highest BCUT2D eigenvalue weighted by atomic mass is 16.6. The van der Waals surface area contributed by atoms with Crippen molar-refractivity contribution in [3.05, 3.63) is 34.9 Å². The Morgan fingerprint density at radius 1 is 1.09 bits per heavy atom. The quantitative estimate of drug-likeness (QED) is 0.421. The predicted molar refractivity (Wildman–Crippen MR) is 127 cm³/mol. The first-order chi connectivity index (χ1) is 15.7. The number of ether oxygens (including phenoxy) is 1. The van der Waals surface area contributed by atoms with Gasteiger partial charge in [-0.2, -0.15) is 0 Å². The Balaban J connectivity index is 1.53. The standard InChI is InChI=1S/C28H38O6/c1-16-15-22(34-23(30)17(16)2)26(5,31)28(33)14-13-27(32)20-10-9-18-7-6-8-21(29)25(18,4)19(20)11-12-24(27,28)3/h6,8-9,19-20,22,31-33H,7,10-15H2,1-5H3/t19?,20?,22-,24+,25+,26+,27-,28-/m1/s1. The van der Waals surface area contributed by atoms with Crippen LogP contribution >= 0.6 is 0 Å². The third-order valence-corrected chi connectivity index (χ3v) is 11.1. The molecule has 6 heteroatoms. The van der Waals surface area contributed by atoms with Gasteiger partial charge in [0, 0.05) is 17.4 Å². The van der Waals surface area contributed by atoms with Crippen molar-refractivity contribution in [3.63, 3.8) is 0 Å². The van der Waals surface area contributed by atoms with Crippen LogP contribution in [0, 0.1) is 22.7 Å². The van der Waals surface area contributed by atoms with E-state index in [1.165, 1.54) is 0 Å². The SMILES string of the molecule is CC1=C(C)C(=O)O[C@@H]([C@](C)(O)[C@@]2(O)CC[C@@]3(O)C4CC=C5CC=CC(=O)[C@]5(C)C4CC[C@]23C)C1. The van der Waals surface area contributed by atoms with E-state index in [0.29, 0.717) is 37.7 Å². The van der Waals surface area contributed by atoms with Crippen LogP contribution in [-0.4, -0.2) is 50.0 Å². The Kier molecular flexibility index (Phi) is 5.03. The summed E-state index contributed by atoms with van der Waals surface area (Å²) in [5.74, 6) is -0.589. The highest BCUT2D eigenvalue weighted by molar-refractivity contribution is 5.98. The monoisotopic (exact) mass is 470 g/mol. The van der Waals surface area contributed by atoms with Crippen molar-refractivity contribution in [3.8, 4) is 0 Å². The number of carbonyl (C=O) groups excluding carboxylic acids is 2. The van der Waals surface area contributed by atoms with Crippen LogP contribution in [0.15, 0.2) is 34.9 Å². The highest BCUT2D eigenvalue weighted by Crippen LogP contribution is 2.70. The summed E-state index contributed by atoms with van der Waals surface area (Å²) in [7, 11) is 0. The molecule has 2 unspecified atom stereocenters. The third-order valence-electron chi connectivity index (χ3n) is 11.1. The number of rotatable bonds is 2. The maximum absolute atomic E-state index is 13.1. The van der Waals surface area contributed by atoms with Gasteiger partial charge >= 0.3 is 5.97 Å². The molecule has 2 saturated carbocycles. The first-order valence-corrected chi connectivity index (χ1v) is 12.7. The number of esters is 1. The Bertz CT molecular complexity index is 1050. The molecule has 34 heavy (non-hydrogen) atoms. The first kappa shape index (κ1) is 24.0. The van der Waals surface area contributed by atoms with Gasteiger partial charge in [0.1, 0.15) is 17.3 Å². The lowest BCUT2D eigenvalue weighted by Gasteiger charge is -2.63. The van der Waals surface area contributed by atoms with Crippen molar-refractivity contribution in [1.82, 2.24) is 0 Å². The lowest BCUT2D eigenvalue weighted by atomic mass is 9.44. The molecule has 0 spiro atoms. The number of aliphatic hydroxyl groups is 3. The van der Waals surface area contributed by atoms with Crippen LogP contribution < -0.4 is 0 Å². The summed E-state index contributed by atoms with van der Waals surface area (Å²) < 4.78 is 5.63. The molecule has 0 aromatic carbocycles. The number of allylic oxidation sites excluding steroid dienone is 4. The summed E-state index contributed by atoms with van der Waals surface area (Å²) in [6, 6.07) is 0. The minimum atomic E-state index is -1.75. The van der Waals surface area contributed by atoms with Gasteiger partial charge in [0.25, 0.3) is 0 Å². The molecule has 4 aliphatic carbocycles. The van der Waals surface area contributed by atoms with E-state index in [-0.39, 0.29) is 24.0 Å². The van der Waals surface area contributed by atoms with Gasteiger partial charge in [-0.1, -0.05) is 30.2 Å². The zero-order chi connectivity index (χ0) is 24.9. The molecule has 5 rings (SSSR count). The summed E-state index contributed by atoms with van der Waals surface area (Å²) in [6.45, 7) is 9.01. The van der Waals surface area contributed by atoms with Crippen LogP contribution in [0.3, 0.4) is 0 Å². The predicted octanol–water partition coefficient (Wildman–Crippen LogP) is 3.54. The van der Waals surface area contributed by atoms with Gasteiger partial charge in [-0.05, 0) is 84.1 Å². The van der Waals surface area contributed by atoms with E-state index < -0.39 is 39.7 Å². The van der Waals surface area contributed by atoms with E-state index in [2.05, 4.69) is 6.08 Å². The molecule has 1 aliphatic heterocycles. The molecule has 0 amide bonds. The minimum Gasteiger partial charge on any atom is -0.455 e. The summed E-state index contributed by atoms with van der Waals surface area (Å²) in [5, 5.41) is 36.5. The van der Waals surface area contributed by atoms with Gasteiger partial charge in [-0.25, -0.2) is 4.79 Å². The van der Waals surface area contributed by atoms with Crippen molar-refractivity contribution < 1.29 is 29.6 Å². The van der Waals surface area contributed by atoms with Crippen LogP contribution in [0.5, 0.6) is 0 Å². The second kappa shape index (κ2) is 7.14. The van der Waals surface area contributed by atoms with E-state index in [1.54, 1.807) is 19.9 Å². The molecule has 6 nitrogen and oxygen atoms in total. The normalized spacial score (nSPS) is 47.9. The Morgan fingerprint density at radius 2 is 1.79 bits per heavy atom. The number of carbonyl (C=O) groups is 2. The number of fused-ring (bicyclic) bond motifs is 5. The second-order valence-corrected chi connectivity index (χ2v) is 12.2. The largest absolute Gasteiger partial charge is 0.455 e. The zero-order valence-corrected chi connectivity index (χ0v) is 21.0. The molecule has 0 aromatic rings. The van der Waals surface area contributed by atoms with E-state index >= 15 is 0 Å². The lowest BCUT2D eigenvalue weighted by molar-refractivity contribution is -0.279. The maximum Gasteiger partial charge on any atom is 0.334 e. The summed E-state index contributed by atoms with van der Waals surface area (Å²) >= 11 is 0.